The number of anilines is 2. The first kappa shape index (κ1) is 19.3. The summed E-state index contributed by atoms with van der Waals surface area (Å²) in [5.74, 6) is 1.47. The van der Waals surface area contributed by atoms with E-state index in [2.05, 4.69) is 15.6 Å². The van der Waals surface area contributed by atoms with Crippen molar-refractivity contribution in [3.05, 3.63) is 41.0 Å². The van der Waals surface area contributed by atoms with Gasteiger partial charge < -0.3 is 24.8 Å². The van der Waals surface area contributed by atoms with E-state index < -0.39 is 0 Å². The first-order chi connectivity index (χ1) is 13.1. The fourth-order valence-corrected chi connectivity index (χ4v) is 3.04. The number of halogens is 1. The molecule has 1 aliphatic rings. The Kier molecular flexibility index (Phi) is 6.36. The maximum Gasteiger partial charge on any atom is 0.252 e. The summed E-state index contributed by atoms with van der Waals surface area (Å²) in [6.07, 6.45) is 3.65. The summed E-state index contributed by atoms with van der Waals surface area (Å²) >= 11 is 6.11. The fraction of sp³-hybridized carbons (Fsp3) is 0.368. The number of aromatic nitrogens is 1. The van der Waals surface area contributed by atoms with Crippen molar-refractivity contribution in [1.29, 1.82) is 0 Å². The van der Waals surface area contributed by atoms with Gasteiger partial charge in [0.05, 0.1) is 36.6 Å². The van der Waals surface area contributed by atoms with Crippen LogP contribution in [0.4, 0.5) is 11.5 Å². The predicted octanol–water partition coefficient (Wildman–Crippen LogP) is 3.40. The molecule has 0 radical (unpaired) electrons. The molecular formula is C19H22ClN3O4. The van der Waals surface area contributed by atoms with Gasteiger partial charge in [-0.2, -0.15) is 0 Å². The highest BCUT2D eigenvalue weighted by Gasteiger charge is 2.17. The number of nitrogens with one attached hydrogen (secondary N) is 2. The largest absolute Gasteiger partial charge is 0.495 e. The Morgan fingerprint density at radius 2 is 2.11 bits per heavy atom. The Labute approximate surface area is 163 Å². The topological polar surface area (TPSA) is 81.7 Å². The maximum atomic E-state index is 12.2. The highest BCUT2D eigenvalue weighted by atomic mass is 35.5. The minimum Gasteiger partial charge on any atom is -0.495 e. The average molecular weight is 392 g/mol. The maximum absolute atomic E-state index is 12.2. The predicted molar refractivity (Wildman–Crippen MR) is 103 cm³/mol. The Morgan fingerprint density at radius 3 is 2.74 bits per heavy atom. The molecule has 0 spiro atoms. The van der Waals surface area contributed by atoms with E-state index in [1.54, 1.807) is 38.5 Å². The number of amides is 1. The molecular weight excluding hydrogens is 370 g/mol. The molecule has 2 heterocycles. The molecule has 1 atom stereocenters. The average Bonchev–Trinajstić information content (AvgIpc) is 3.21. The van der Waals surface area contributed by atoms with Gasteiger partial charge in [-0.3, -0.25) is 4.79 Å². The Bertz CT molecular complexity index is 792. The summed E-state index contributed by atoms with van der Waals surface area (Å²) < 4.78 is 16.1. The lowest BCUT2D eigenvalue weighted by Crippen LogP contribution is -2.31. The second-order valence-corrected chi connectivity index (χ2v) is 6.50. The zero-order valence-corrected chi connectivity index (χ0v) is 16.0. The first-order valence-corrected chi connectivity index (χ1v) is 9.03. The van der Waals surface area contributed by atoms with E-state index in [0.29, 0.717) is 40.1 Å². The van der Waals surface area contributed by atoms with E-state index in [9.17, 15) is 4.79 Å². The van der Waals surface area contributed by atoms with Gasteiger partial charge in [-0.25, -0.2) is 4.98 Å². The van der Waals surface area contributed by atoms with Crippen LogP contribution in [0.3, 0.4) is 0 Å². The first-order valence-electron chi connectivity index (χ1n) is 8.65. The van der Waals surface area contributed by atoms with Crippen LogP contribution in [0.25, 0.3) is 0 Å². The molecule has 1 amide bonds. The molecule has 1 saturated heterocycles. The van der Waals surface area contributed by atoms with Crippen LogP contribution < -0.4 is 20.1 Å². The molecule has 1 unspecified atom stereocenters. The molecule has 7 nitrogen and oxygen atoms in total. The van der Waals surface area contributed by atoms with Crippen molar-refractivity contribution in [2.24, 2.45) is 0 Å². The van der Waals surface area contributed by atoms with E-state index in [4.69, 9.17) is 25.8 Å². The third-order valence-corrected chi connectivity index (χ3v) is 4.57. The van der Waals surface area contributed by atoms with Crippen molar-refractivity contribution in [2.75, 3.05) is 32.7 Å². The zero-order chi connectivity index (χ0) is 19.2. The molecule has 0 saturated carbocycles. The molecule has 144 valence electrons. The van der Waals surface area contributed by atoms with Gasteiger partial charge in [0, 0.05) is 31.5 Å². The van der Waals surface area contributed by atoms with Crippen LogP contribution in [-0.2, 0) is 4.74 Å². The lowest BCUT2D eigenvalue weighted by atomic mass is 10.2. The van der Waals surface area contributed by atoms with Gasteiger partial charge in [-0.05, 0) is 25.0 Å². The second kappa shape index (κ2) is 8.92. The van der Waals surface area contributed by atoms with Crippen molar-refractivity contribution in [3.8, 4) is 11.5 Å². The molecule has 8 heteroatoms. The van der Waals surface area contributed by atoms with E-state index in [-0.39, 0.29) is 12.0 Å². The summed E-state index contributed by atoms with van der Waals surface area (Å²) in [7, 11) is 3.10. The van der Waals surface area contributed by atoms with Crippen LogP contribution in [0.5, 0.6) is 11.5 Å². The minimum atomic E-state index is -0.171. The van der Waals surface area contributed by atoms with E-state index in [1.807, 2.05) is 0 Å². The minimum absolute atomic E-state index is 0.107. The van der Waals surface area contributed by atoms with Crippen molar-refractivity contribution in [1.82, 2.24) is 10.3 Å². The third kappa shape index (κ3) is 4.81. The van der Waals surface area contributed by atoms with Gasteiger partial charge in [0.25, 0.3) is 5.91 Å². The van der Waals surface area contributed by atoms with Gasteiger partial charge in [0.1, 0.15) is 17.3 Å². The highest BCUT2D eigenvalue weighted by Crippen LogP contribution is 2.37. The fourth-order valence-electron chi connectivity index (χ4n) is 2.81. The normalized spacial score (nSPS) is 16.0. The number of hydrogen-bond acceptors (Lipinski definition) is 6. The Balaban J connectivity index is 1.66. The summed E-state index contributed by atoms with van der Waals surface area (Å²) in [5.41, 5.74) is 1.14. The molecule has 1 aliphatic heterocycles. The molecule has 2 aromatic rings. The van der Waals surface area contributed by atoms with Crippen LogP contribution >= 0.6 is 11.6 Å². The number of nitrogens with zero attached hydrogens (tertiary/aromatic N) is 1. The van der Waals surface area contributed by atoms with E-state index >= 15 is 0 Å². The second-order valence-electron chi connectivity index (χ2n) is 6.09. The highest BCUT2D eigenvalue weighted by molar-refractivity contribution is 6.32. The number of methoxy groups -OCH3 is 2. The Hall–Kier alpha value is -2.51. The lowest BCUT2D eigenvalue weighted by molar-refractivity contribution is 0.0857. The standard InChI is InChI=1S/C19H22ClN3O4/c1-25-16-9-15(17(26-2)8-14(16)20)23-18-6-5-12(10-21-18)19(24)22-11-13-4-3-7-27-13/h5-6,8-10,13H,3-4,7,11H2,1-2H3,(H,21,23)(H,22,24). The quantitative estimate of drug-likeness (QED) is 0.752. The number of hydrogen-bond donors (Lipinski definition) is 2. The molecule has 1 fully saturated rings. The van der Waals surface area contributed by atoms with E-state index in [0.717, 1.165) is 19.4 Å². The van der Waals surface area contributed by atoms with E-state index in [1.165, 1.54) is 6.20 Å². The van der Waals surface area contributed by atoms with Crippen molar-refractivity contribution < 1.29 is 19.0 Å². The molecule has 0 bridgehead atoms. The van der Waals surface area contributed by atoms with Crippen LogP contribution in [0, 0.1) is 0 Å². The number of carbonyl (C=O) groups is 1. The van der Waals surface area contributed by atoms with Crippen LogP contribution in [0.1, 0.15) is 23.2 Å². The molecule has 1 aromatic heterocycles. The summed E-state index contributed by atoms with van der Waals surface area (Å²) in [4.78, 5) is 16.5. The van der Waals surface area contributed by atoms with Gasteiger partial charge in [0.15, 0.2) is 0 Å². The summed E-state index contributed by atoms with van der Waals surface area (Å²) in [6.45, 7) is 1.28. The smallest absolute Gasteiger partial charge is 0.252 e. The lowest BCUT2D eigenvalue weighted by Gasteiger charge is -2.14. The van der Waals surface area contributed by atoms with Crippen molar-refractivity contribution >= 4 is 29.0 Å². The third-order valence-electron chi connectivity index (χ3n) is 4.28. The number of carbonyl (C=O) groups excluding carboxylic acids is 1. The van der Waals surface area contributed by atoms with Crippen LogP contribution in [0.2, 0.25) is 5.02 Å². The van der Waals surface area contributed by atoms with Gasteiger partial charge in [0.2, 0.25) is 0 Å². The number of benzene rings is 1. The van der Waals surface area contributed by atoms with Crippen LogP contribution in [0.15, 0.2) is 30.5 Å². The molecule has 27 heavy (non-hydrogen) atoms. The monoisotopic (exact) mass is 391 g/mol. The summed E-state index contributed by atoms with van der Waals surface area (Å²) in [6, 6.07) is 6.82. The molecule has 0 aliphatic carbocycles. The van der Waals surface area contributed by atoms with Crippen molar-refractivity contribution in [3.63, 3.8) is 0 Å². The van der Waals surface area contributed by atoms with Gasteiger partial charge in [-0.1, -0.05) is 11.6 Å². The molecule has 3 rings (SSSR count). The molecule has 1 aromatic carbocycles. The zero-order valence-electron chi connectivity index (χ0n) is 15.3. The molecule has 2 N–H and O–H groups in total. The van der Waals surface area contributed by atoms with Crippen LogP contribution in [-0.4, -0.2) is 44.4 Å². The Morgan fingerprint density at radius 1 is 1.30 bits per heavy atom. The van der Waals surface area contributed by atoms with Gasteiger partial charge >= 0.3 is 0 Å². The van der Waals surface area contributed by atoms with Gasteiger partial charge in [-0.15, -0.1) is 0 Å². The number of pyridine rings is 1. The summed E-state index contributed by atoms with van der Waals surface area (Å²) in [5, 5.41) is 6.47. The number of ether oxygens (including phenoxy) is 3. The SMILES string of the molecule is COc1cc(Nc2ccc(C(=O)NCC3CCCO3)cn2)c(OC)cc1Cl. The number of rotatable bonds is 7. The van der Waals surface area contributed by atoms with Crippen molar-refractivity contribution in [2.45, 2.75) is 18.9 Å².